The highest BCUT2D eigenvalue weighted by molar-refractivity contribution is 7.85. The molecule has 14 heavy (non-hydrogen) atoms. The zero-order chi connectivity index (χ0) is 9.97. The molecule has 1 aromatic rings. The van der Waals surface area contributed by atoms with Crippen molar-refractivity contribution in [1.82, 2.24) is 0 Å². The molecule has 3 heteroatoms. The Balaban J connectivity index is 2.11. The summed E-state index contributed by atoms with van der Waals surface area (Å²) >= 11 is 0. The molecule has 0 bridgehead atoms. The molecule has 0 amide bonds. The summed E-state index contributed by atoms with van der Waals surface area (Å²) in [6, 6.07) is 10.0. The van der Waals surface area contributed by atoms with Crippen molar-refractivity contribution in [2.45, 2.75) is 18.3 Å². The van der Waals surface area contributed by atoms with E-state index in [0.29, 0.717) is 12.4 Å². The lowest BCUT2D eigenvalue weighted by Gasteiger charge is -2.26. The van der Waals surface area contributed by atoms with E-state index in [9.17, 15) is 4.21 Å². The van der Waals surface area contributed by atoms with Gasteiger partial charge in [-0.2, -0.15) is 0 Å². The van der Waals surface area contributed by atoms with E-state index < -0.39 is 10.8 Å². The van der Waals surface area contributed by atoms with Gasteiger partial charge in [-0.25, -0.2) is 0 Å². The lowest BCUT2D eigenvalue weighted by atomic mass is 10.1. The SMILES string of the molecule is C[C@H]1CO[C@@H](c2ccccc2)CS1=O. The third-order valence-electron chi connectivity index (χ3n) is 2.47. The second-order valence-electron chi connectivity index (χ2n) is 3.59. The number of rotatable bonds is 1. The second kappa shape index (κ2) is 4.24. The van der Waals surface area contributed by atoms with Crippen molar-refractivity contribution in [1.29, 1.82) is 0 Å². The first-order chi connectivity index (χ1) is 6.77. The third-order valence-corrected chi connectivity index (χ3v) is 4.13. The standard InChI is InChI=1S/C11H14O2S/c1-9-7-13-11(8-14(9)12)10-5-3-2-4-6-10/h2-6,9,11H,7-8H2,1H3/t9-,11+,14?/m0/s1. The van der Waals surface area contributed by atoms with Crippen molar-refractivity contribution in [3.63, 3.8) is 0 Å². The van der Waals surface area contributed by atoms with E-state index >= 15 is 0 Å². The van der Waals surface area contributed by atoms with Crippen LogP contribution in [0, 0.1) is 0 Å². The van der Waals surface area contributed by atoms with E-state index in [2.05, 4.69) is 0 Å². The minimum absolute atomic E-state index is 0.0215. The molecule has 1 aliphatic heterocycles. The fraction of sp³-hybridized carbons (Fsp3) is 0.455. The van der Waals surface area contributed by atoms with E-state index in [1.54, 1.807) is 0 Å². The summed E-state index contributed by atoms with van der Waals surface area (Å²) in [5.41, 5.74) is 1.13. The molecule has 2 rings (SSSR count). The molecular weight excluding hydrogens is 196 g/mol. The first-order valence-corrected chi connectivity index (χ1v) is 6.19. The maximum absolute atomic E-state index is 11.6. The summed E-state index contributed by atoms with van der Waals surface area (Å²) in [5, 5.41) is 0.176. The number of benzene rings is 1. The Labute approximate surface area is 86.7 Å². The molecule has 0 aromatic heterocycles. The van der Waals surface area contributed by atoms with Gasteiger partial charge in [0.25, 0.3) is 0 Å². The molecule has 0 saturated carbocycles. The van der Waals surface area contributed by atoms with Gasteiger partial charge in [-0.3, -0.25) is 4.21 Å². The molecule has 76 valence electrons. The Hall–Kier alpha value is -0.670. The minimum atomic E-state index is -0.741. The summed E-state index contributed by atoms with van der Waals surface area (Å²) in [6.45, 7) is 2.57. The van der Waals surface area contributed by atoms with Gasteiger partial charge in [-0.15, -0.1) is 0 Å². The van der Waals surface area contributed by atoms with Gasteiger partial charge in [-0.1, -0.05) is 30.3 Å². The first kappa shape index (κ1) is 9.87. The Morgan fingerprint density at radius 1 is 1.36 bits per heavy atom. The molecule has 0 spiro atoms. The molecule has 1 saturated heterocycles. The van der Waals surface area contributed by atoms with Gasteiger partial charge < -0.3 is 4.74 Å². The van der Waals surface area contributed by atoms with Crippen LogP contribution in [-0.4, -0.2) is 21.8 Å². The Kier molecular flexibility index (Phi) is 2.99. The summed E-state index contributed by atoms with van der Waals surface area (Å²) in [6.07, 6.45) is 0.0215. The summed E-state index contributed by atoms with van der Waals surface area (Å²) < 4.78 is 17.3. The highest BCUT2D eigenvalue weighted by Crippen LogP contribution is 2.24. The van der Waals surface area contributed by atoms with E-state index in [1.807, 2.05) is 37.3 Å². The van der Waals surface area contributed by atoms with Gasteiger partial charge >= 0.3 is 0 Å². The lowest BCUT2D eigenvalue weighted by molar-refractivity contribution is 0.0622. The molecule has 2 nitrogen and oxygen atoms in total. The molecule has 0 N–H and O–H groups in total. The molecule has 1 aromatic carbocycles. The third kappa shape index (κ3) is 2.04. The van der Waals surface area contributed by atoms with Crippen LogP contribution in [0.2, 0.25) is 0 Å². The lowest BCUT2D eigenvalue weighted by Crippen LogP contribution is -2.31. The van der Waals surface area contributed by atoms with E-state index in [4.69, 9.17) is 4.74 Å². The van der Waals surface area contributed by atoms with Crippen LogP contribution in [0.1, 0.15) is 18.6 Å². The smallest absolute Gasteiger partial charge is 0.0940 e. The highest BCUT2D eigenvalue weighted by atomic mass is 32.2. The molecule has 1 unspecified atom stereocenters. The van der Waals surface area contributed by atoms with Gasteiger partial charge in [0, 0.05) is 10.8 Å². The predicted molar refractivity (Wildman–Crippen MR) is 57.6 cm³/mol. The zero-order valence-electron chi connectivity index (χ0n) is 8.18. The second-order valence-corrected chi connectivity index (χ2v) is 5.49. The normalized spacial score (nSPS) is 32.8. The van der Waals surface area contributed by atoms with Crippen molar-refractivity contribution >= 4 is 10.8 Å². The maximum atomic E-state index is 11.6. The van der Waals surface area contributed by atoms with Gasteiger partial charge in [0.15, 0.2) is 0 Å². The average Bonchev–Trinajstić information content (AvgIpc) is 2.23. The Morgan fingerprint density at radius 2 is 2.07 bits per heavy atom. The van der Waals surface area contributed by atoms with Crippen LogP contribution in [-0.2, 0) is 15.5 Å². The summed E-state index contributed by atoms with van der Waals surface area (Å²) in [5.74, 6) is 0.630. The fourth-order valence-electron chi connectivity index (χ4n) is 1.55. The van der Waals surface area contributed by atoms with Gasteiger partial charge in [0.2, 0.25) is 0 Å². The topological polar surface area (TPSA) is 26.3 Å². The predicted octanol–water partition coefficient (Wildman–Crippen LogP) is 1.90. The average molecular weight is 210 g/mol. The van der Waals surface area contributed by atoms with Gasteiger partial charge in [0.05, 0.1) is 23.7 Å². The number of hydrogen-bond acceptors (Lipinski definition) is 2. The van der Waals surface area contributed by atoms with Crippen molar-refractivity contribution < 1.29 is 8.95 Å². The maximum Gasteiger partial charge on any atom is 0.0940 e. The van der Waals surface area contributed by atoms with Crippen LogP contribution in [0.3, 0.4) is 0 Å². The molecular formula is C11H14O2S. The number of ether oxygens (including phenoxy) is 1. The quantitative estimate of drug-likeness (QED) is 0.707. The highest BCUT2D eigenvalue weighted by Gasteiger charge is 2.25. The number of hydrogen-bond donors (Lipinski definition) is 0. The van der Waals surface area contributed by atoms with E-state index in [-0.39, 0.29) is 11.4 Å². The molecule has 1 heterocycles. The molecule has 0 aliphatic carbocycles. The van der Waals surface area contributed by atoms with E-state index in [1.165, 1.54) is 0 Å². The largest absolute Gasteiger partial charge is 0.371 e. The van der Waals surface area contributed by atoms with Crippen LogP contribution in [0.4, 0.5) is 0 Å². The summed E-state index contributed by atoms with van der Waals surface area (Å²) in [7, 11) is -0.741. The molecule has 1 fully saturated rings. The van der Waals surface area contributed by atoms with Crippen LogP contribution in [0.5, 0.6) is 0 Å². The monoisotopic (exact) mass is 210 g/mol. The van der Waals surface area contributed by atoms with Crippen molar-refractivity contribution in [2.24, 2.45) is 0 Å². The molecule has 3 atom stereocenters. The van der Waals surface area contributed by atoms with Crippen LogP contribution >= 0.6 is 0 Å². The van der Waals surface area contributed by atoms with Gasteiger partial charge in [0.1, 0.15) is 0 Å². The molecule has 0 radical (unpaired) electrons. The van der Waals surface area contributed by atoms with Crippen molar-refractivity contribution in [2.75, 3.05) is 12.4 Å². The Morgan fingerprint density at radius 3 is 2.71 bits per heavy atom. The van der Waals surface area contributed by atoms with E-state index in [0.717, 1.165) is 5.56 Å². The Bertz CT molecular complexity index is 323. The van der Waals surface area contributed by atoms with Crippen molar-refractivity contribution in [3.05, 3.63) is 35.9 Å². The van der Waals surface area contributed by atoms with Gasteiger partial charge in [-0.05, 0) is 12.5 Å². The van der Waals surface area contributed by atoms with Crippen LogP contribution in [0.25, 0.3) is 0 Å². The summed E-state index contributed by atoms with van der Waals surface area (Å²) in [4.78, 5) is 0. The minimum Gasteiger partial charge on any atom is -0.371 e. The van der Waals surface area contributed by atoms with Crippen molar-refractivity contribution in [3.8, 4) is 0 Å². The molecule has 1 aliphatic rings. The zero-order valence-corrected chi connectivity index (χ0v) is 9.00. The fourth-order valence-corrected chi connectivity index (χ4v) is 2.70. The van der Waals surface area contributed by atoms with Crippen LogP contribution < -0.4 is 0 Å². The van der Waals surface area contributed by atoms with Crippen LogP contribution in [0.15, 0.2) is 30.3 Å². The first-order valence-electron chi connectivity index (χ1n) is 4.81.